The number of nitrogens with zero attached hydrogens (tertiary/aromatic N) is 3. The zero-order chi connectivity index (χ0) is 17.6. The lowest BCUT2D eigenvalue weighted by Gasteiger charge is -2.28. The number of halogens is 1. The highest BCUT2D eigenvalue weighted by Gasteiger charge is 2.24. The zero-order valence-corrected chi connectivity index (χ0v) is 15.0. The van der Waals surface area contributed by atoms with Gasteiger partial charge in [-0.25, -0.2) is 4.79 Å². The van der Waals surface area contributed by atoms with Crippen molar-refractivity contribution in [3.63, 3.8) is 0 Å². The average Bonchev–Trinajstić information content (AvgIpc) is 2.58. The van der Waals surface area contributed by atoms with Gasteiger partial charge in [0.25, 0.3) is 0 Å². The molecule has 0 fully saturated rings. The molecule has 0 aliphatic rings. The average molecular weight is 347 g/mol. The van der Waals surface area contributed by atoms with Gasteiger partial charge >= 0.3 is 6.03 Å². The summed E-state index contributed by atoms with van der Waals surface area (Å²) in [6.07, 6.45) is 5.68. The first-order valence-electron chi connectivity index (χ1n) is 7.89. The van der Waals surface area contributed by atoms with E-state index in [1.54, 1.807) is 30.5 Å². The van der Waals surface area contributed by atoms with E-state index in [-0.39, 0.29) is 11.4 Å². The van der Waals surface area contributed by atoms with E-state index in [2.05, 4.69) is 29.1 Å². The molecule has 1 heterocycles. The molecule has 1 aromatic heterocycles. The molecule has 128 valence electrons. The summed E-state index contributed by atoms with van der Waals surface area (Å²) in [5.41, 5.74) is 1.64. The first-order chi connectivity index (χ1) is 11.4. The van der Waals surface area contributed by atoms with Gasteiger partial charge in [0.15, 0.2) is 0 Å². The number of rotatable bonds is 6. The Morgan fingerprint density at radius 1 is 1.29 bits per heavy atom. The van der Waals surface area contributed by atoms with Gasteiger partial charge in [0.1, 0.15) is 0 Å². The predicted molar refractivity (Wildman–Crippen MR) is 96.2 cm³/mol. The number of likely N-dealkylation sites (N-methyl/N-ethyl adjacent to an activating group) is 1. The molecular weight excluding hydrogens is 324 g/mol. The van der Waals surface area contributed by atoms with Crippen LogP contribution in [0.1, 0.15) is 25.1 Å². The van der Waals surface area contributed by atoms with Gasteiger partial charge in [0, 0.05) is 55.6 Å². The summed E-state index contributed by atoms with van der Waals surface area (Å²) in [5.74, 6) is 0. The van der Waals surface area contributed by atoms with E-state index in [0.717, 1.165) is 11.3 Å². The van der Waals surface area contributed by atoms with Crippen molar-refractivity contribution < 1.29 is 4.79 Å². The summed E-state index contributed by atoms with van der Waals surface area (Å²) in [6.45, 7) is 5.21. The number of carbonyl (C=O) groups is 1. The Balaban J connectivity index is 1.86. The number of aromatic nitrogens is 2. The molecule has 2 rings (SSSR count). The number of amides is 2. The minimum absolute atomic E-state index is 0.112. The molecule has 24 heavy (non-hydrogen) atoms. The van der Waals surface area contributed by atoms with Crippen molar-refractivity contribution in [1.29, 1.82) is 0 Å². The molecular formula is C18H23ClN4O. The fourth-order valence-electron chi connectivity index (χ4n) is 2.38. The van der Waals surface area contributed by atoms with E-state index in [1.807, 2.05) is 24.3 Å². The second-order valence-corrected chi connectivity index (χ2v) is 6.80. The van der Waals surface area contributed by atoms with Crippen molar-refractivity contribution in [2.45, 2.75) is 25.7 Å². The molecule has 0 atom stereocenters. The summed E-state index contributed by atoms with van der Waals surface area (Å²) in [7, 11) is 1.77. The van der Waals surface area contributed by atoms with Gasteiger partial charge in [-0.05, 0) is 11.6 Å². The quantitative estimate of drug-likeness (QED) is 0.873. The van der Waals surface area contributed by atoms with Crippen LogP contribution < -0.4 is 5.32 Å². The molecule has 0 bridgehead atoms. The smallest absolute Gasteiger partial charge is 0.317 e. The molecule has 5 nitrogen and oxygen atoms in total. The molecule has 0 aliphatic carbocycles. The lowest BCUT2D eigenvalue weighted by molar-refractivity contribution is 0.206. The standard InChI is InChI=1S/C18H23ClN4O/c1-18(2,15-6-4-5-7-16(15)19)13-22-17(24)23(3)11-8-14-12-20-9-10-21-14/h4-7,9-10,12H,8,11,13H2,1-3H3,(H,22,24). The first kappa shape index (κ1) is 18.2. The van der Waals surface area contributed by atoms with E-state index >= 15 is 0 Å². The molecule has 0 radical (unpaired) electrons. The number of hydrogen-bond acceptors (Lipinski definition) is 3. The number of urea groups is 1. The van der Waals surface area contributed by atoms with Crippen LogP contribution in [0.15, 0.2) is 42.9 Å². The van der Waals surface area contributed by atoms with Crippen molar-refractivity contribution in [3.8, 4) is 0 Å². The molecule has 2 aromatic rings. The summed E-state index contributed by atoms with van der Waals surface area (Å²) in [6, 6.07) is 7.61. The molecule has 0 unspecified atom stereocenters. The Kier molecular flexibility index (Phi) is 6.15. The van der Waals surface area contributed by atoms with E-state index in [9.17, 15) is 4.79 Å². The minimum Gasteiger partial charge on any atom is -0.337 e. The van der Waals surface area contributed by atoms with Gasteiger partial charge in [-0.3, -0.25) is 9.97 Å². The van der Waals surface area contributed by atoms with Crippen molar-refractivity contribution in [1.82, 2.24) is 20.2 Å². The minimum atomic E-state index is -0.250. The van der Waals surface area contributed by atoms with Gasteiger partial charge in [0.05, 0.1) is 5.69 Å². The van der Waals surface area contributed by atoms with Crippen LogP contribution in [-0.2, 0) is 11.8 Å². The predicted octanol–water partition coefficient (Wildman–Crippen LogP) is 3.29. The largest absolute Gasteiger partial charge is 0.337 e. The maximum atomic E-state index is 12.3. The summed E-state index contributed by atoms with van der Waals surface area (Å²) >= 11 is 6.27. The van der Waals surface area contributed by atoms with Gasteiger partial charge in [-0.15, -0.1) is 0 Å². The second kappa shape index (κ2) is 8.11. The molecule has 6 heteroatoms. The van der Waals surface area contributed by atoms with Gasteiger partial charge in [0.2, 0.25) is 0 Å². The third-order valence-corrected chi connectivity index (χ3v) is 4.28. The van der Waals surface area contributed by atoms with Crippen molar-refractivity contribution in [2.75, 3.05) is 20.1 Å². The van der Waals surface area contributed by atoms with Crippen molar-refractivity contribution in [3.05, 3.63) is 59.1 Å². The number of benzene rings is 1. The molecule has 0 saturated carbocycles. The van der Waals surface area contributed by atoms with Crippen LogP contribution in [0.4, 0.5) is 4.79 Å². The summed E-state index contributed by atoms with van der Waals surface area (Å²) in [4.78, 5) is 22.2. The highest BCUT2D eigenvalue weighted by atomic mass is 35.5. The number of nitrogens with one attached hydrogen (secondary N) is 1. The van der Waals surface area contributed by atoms with E-state index in [0.29, 0.717) is 24.5 Å². The molecule has 0 saturated heterocycles. The zero-order valence-electron chi connectivity index (χ0n) is 14.3. The van der Waals surface area contributed by atoms with Crippen LogP contribution >= 0.6 is 11.6 Å². The van der Waals surface area contributed by atoms with Crippen molar-refractivity contribution in [2.24, 2.45) is 0 Å². The Bertz CT molecular complexity index is 676. The topological polar surface area (TPSA) is 58.1 Å². The van der Waals surface area contributed by atoms with Gasteiger partial charge < -0.3 is 10.2 Å². The van der Waals surface area contributed by atoms with Crippen LogP contribution in [0.25, 0.3) is 0 Å². The highest BCUT2D eigenvalue weighted by molar-refractivity contribution is 6.31. The molecule has 0 aliphatic heterocycles. The Hall–Kier alpha value is -2.14. The fraction of sp³-hybridized carbons (Fsp3) is 0.389. The van der Waals surface area contributed by atoms with Crippen LogP contribution in [0, 0.1) is 0 Å². The van der Waals surface area contributed by atoms with E-state index in [1.165, 1.54) is 0 Å². The molecule has 1 N–H and O–H groups in total. The first-order valence-corrected chi connectivity index (χ1v) is 8.27. The number of carbonyl (C=O) groups excluding carboxylic acids is 1. The Morgan fingerprint density at radius 2 is 2.04 bits per heavy atom. The van der Waals surface area contributed by atoms with Crippen LogP contribution in [0.3, 0.4) is 0 Å². The lowest BCUT2D eigenvalue weighted by Crippen LogP contribution is -2.43. The third-order valence-electron chi connectivity index (χ3n) is 3.95. The summed E-state index contributed by atoms with van der Waals surface area (Å²) in [5, 5.41) is 3.69. The lowest BCUT2D eigenvalue weighted by atomic mass is 9.84. The SMILES string of the molecule is CN(CCc1cnccn1)C(=O)NCC(C)(C)c1ccccc1Cl. The Morgan fingerprint density at radius 3 is 2.71 bits per heavy atom. The maximum Gasteiger partial charge on any atom is 0.317 e. The normalized spacial score (nSPS) is 11.2. The monoisotopic (exact) mass is 346 g/mol. The molecule has 0 spiro atoms. The highest BCUT2D eigenvalue weighted by Crippen LogP contribution is 2.28. The maximum absolute atomic E-state index is 12.3. The van der Waals surface area contributed by atoms with Crippen molar-refractivity contribution >= 4 is 17.6 Å². The molecule has 1 aromatic carbocycles. The van der Waals surface area contributed by atoms with Crippen LogP contribution in [-0.4, -0.2) is 41.0 Å². The second-order valence-electron chi connectivity index (χ2n) is 6.39. The van der Waals surface area contributed by atoms with E-state index < -0.39 is 0 Å². The fourth-order valence-corrected chi connectivity index (χ4v) is 2.77. The van der Waals surface area contributed by atoms with Gasteiger partial charge in [-0.1, -0.05) is 43.6 Å². The van der Waals surface area contributed by atoms with Crippen LogP contribution in [0.5, 0.6) is 0 Å². The number of hydrogen-bond donors (Lipinski definition) is 1. The Labute approximate surface area is 148 Å². The van der Waals surface area contributed by atoms with E-state index in [4.69, 9.17) is 11.6 Å². The third kappa shape index (κ3) is 4.93. The summed E-state index contributed by atoms with van der Waals surface area (Å²) < 4.78 is 0. The van der Waals surface area contributed by atoms with Crippen LogP contribution in [0.2, 0.25) is 5.02 Å². The molecule has 2 amide bonds. The van der Waals surface area contributed by atoms with Gasteiger partial charge in [-0.2, -0.15) is 0 Å².